The molecule has 0 spiro atoms. The Balaban J connectivity index is 2.14. The summed E-state index contributed by atoms with van der Waals surface area (Å²) < 4.78 is 82.5. The van der Waals surface area contributed by atoms with Crippen LogP contribution >= 0.6 is 0 Å². The number of hydrogen-bond acceptors (Lipinski definition) is 4. The summed E-state index contributed by atoms with van der Waals surface area (Å²) in [5, 5.41) is 0.868. The molecular formula is C21H34F5NO4Si3. The molecule has 3 unspecified atom stereocenters. The van der Waals surface area contributed by atoms with Crippen molar-refractivity contribution in [3.05, 3.63) is 24.3 Å². The van der Waals surface area contributed by atoms with Crippen molar-refractivity contribution in [2.24, 2.45) is 0 Å². The number of carbonyl (C=O) groups excluding carboxylic acids is 1. The van der Waals surface area contributed by atoms with Crippen LogP contribution in [0.4, 0.5) is 27.6 Å². The third-order valence-electron chi connectivity index (χ3n) is 6.29. The van der Waals surface area contributed by atoms with Gasteiger partial charge in [-0.3, -0.25) is 9.53 Å². The summed E-state index contributed by atoms with van der Waals surface area (Å²) >= 11 is 0. The van der Waals surface area contributed by atoms with Gasteiger partial charge in [-0.05, 0) is 43.4 Å². The molecule has 1 aromatic rings. The van der Waals surface area contributed by atoms with Gasteiger partial charge in [-0.2, -0.15) is 17.6 Å². The summed E-state index contributed by atoms with van der Waals surface area (Å²) in [6.07, 6.45) is -3.43. The molecule has 0 aliphatic carbocycles. The second kappa shape index (κ2) is 11.3. The number of halogens is 5. The van der Waals surface area contributed by atoms with E-state index in [0.717, 1.165) is 36.8 Å². The molecule has 1 aliphatic heterocycles. The molecule has 3 atom stereocenters. The van der Waals surface area contributed by atoms with Gasteiger partial charge in [0.05, 0.1) is 8.07 Å². The fourth-order valence-corrected chi connectivity index (χ4v) is 13.2. The lowest BCUT2D eigenvalue weighted by atomic mass is 10.2. The Hall–Kier alpha value is -1.13. The maximum atomic E-state index is 14.4. The second-order valence-electron chi connectivity index (χ2n) is 9.55. The largest absolute Gasteiger partial charge is 0.458 e. The normalized spacial score (nSPS) is 23.8. The van der Waals surface area contributed by atoms with Gasteiger partial charge in [0.2, 0.25) is 0 Å². The van der Waals surface area contributed by atoms with E-state index in [4.69, 9.17) is 8.54 Å². The topological polar surface area (TPSA) is 48.0 Å². The highest BCUT2D eigenvalue weighted by atomic mass is 28.4. The molecule has 0 bridgehead atoms. The van der Waals surface area contributed by atoms with E-state index >= 15 is 0 Å². The Morgan fingerprint density at radius 2 is 1.94 bits per heavy atom. The highest BCUT2D eigenvalue weighted by molar-refractivity contribution is 6.90. The number of likely N-dealkylation sites (N-methyl/N-ethyl adjacent to an activating group) is 1. The summed E-state index contributed by atoms with van der Waals surface area (Å²) in [5.41, 5.74) is 0.0611. The average Bonchev–Trinajstić information content (AvgIpc) is 2.92. The van der Waals surface area contributed by atoms with Crippen molar-refractivity contribution in [3.63, 3.8) is 0 Å². The first-order valence-corrected chi connectivity index (χ1v) is 19.5. The van der Waals surface area contributed by atoms with Crippen LogP contribution in [0, 0.1) is 0 Å². The van der Waals surface area contributed by atoms with Gasteiger partial charge in [0.15, 0.2) is 15.9 Å². The van der Waals surface area contributed by atoms with Crippen LogP contribution in [0.3, 0.4) is 0 Å². The van der Waals surface area contributed by atoms with Crippen molar-refractivity contribution in [3.8, 4) is 0 Å². The first kappa shape index (κ1) is 29.1. The predicted octanol–water partition coefficient (Wildman–Crippen LogP) is 4.99. The van der Waals surface area contributed by atoms with E-state index in [-0.39, 0.29) is 5.69 Å². The Kier molecular flexibility index (Phi) is 9.66. The third-order valence-corrected chi connectivity index (χ3v) is 16.5. The molecule has 0 saturated carbocycles. The molecule has 13 heteroatoms. The first-order valence-electron chi connectivity index (χ1n) is 11.3. The molecule has 1 saturated heterocycles. The lowest BCUT2D eigenvalue weighted by Crippen LogP contribution is -2.56. The molecule has 1 amide bonds. The molecule has 0 aromatic heterocycles. The van der Waals surface area contributed by atoms with E-state index in [2.05, 4.69) is 30.9 Å². The SMILES string of the molecule is CN(C(=O)C(F)(OCF)C(F)(F)F)c1cccc([Si](C)(C)CCO[Si]2(C)CCCC[SiH](C)O2)c1. The van der Waals surface area contributed by atoms with Crippen molar-refractivity contribution in [2.45, 2.75) is 69.2 Å². The van der Waals surface area contributed by atoms with Crippen molar-refractivity contribution >= 4 is 42.5 Å². The van der Waals surface area contributed by atoms with E-state index in [1.165, 1.54) is 12.5 Å². The number of anilines is 1. The molecule has 1 fully saturated rings. The summed E-state index contributed by atoms with van der Waals surface area (Å²) in [6.45, 7) is 6.92. The fraction of sp³-hybridized carbons (Fsp3) is 0.667. The van der Waals surface area contributed by atoms with E-state index in [0.29, 0.717) is 11.5 Å². The van der Waals surface area contributed by atoms with E-state index in [9.17, 15) is 26.7 Å². The van der Waals surface area contributed by atoms with Gasteiger partial charge in [-0.15, -0.1) is 0 Å². The highest BCUT2D eigenvalue weighted by Crippen LogP contribution is 2.37. The summed E-state index contributed by atoms with van der Waals surface area (Å²) in [6, 6.07) is 9.30. The maximum Gasteiger partial charge on any atom is 0.458 e. The lowest BCUT2D eigenvalue weighted by molar-refractivity contribution is -0.321. The second-order valence-corrected chi connectivity index (χ2v) is 20.6. The molecular weight excluding hydrogens is 509 g/mol. The van der Waals surface area contributed by atoms with Gasteiger partial charge in [-0.1, -0.05) is 43.3 Å². The van der Waals surface area contributed by atoms with Crippen LogP contribution in [0.2, 0.25) is 44.3 Å². The molecule has 1 aromatic carbocycles. The van der Waals surface area contributed by atoms with Gasteiger partial charge in [0.1, 0.15) is 0 Å². The highest BCUT2D eigenvalue weighted by Gasteiger charge is 2.65. The molecule has 5 nitrogen and oxygen atoms in total. The average molecular weight is 544 g/mol. The number of alkyl halides is 5. The molecule has 2 rings (SSSR count). The molecule has 1 heterocycles. The van der Waals surface area contributed by atoms with Crippen molar-refractivity contribution in [2.75, 3.05) is 25.4 Å². The Morgan fingerprint density at radius 3 is 2.56 bits per heavy atom. The predicted molar refractivity (Wildman–Crippen MR) is 129 cm³/mol. The Labute approximate surface area is 201 Å². The number of amides is 1. The number of benzene rings is 1. The first-order chi connectivity index (χ1) is 15.7. The van der Waals surface area contributed by atoms with Crippen molar-refractivity contribution in [1.82, 2.24) is 0 Å². The molecule has 0 radical (unpaired) electrons. The zero-order valence-corrected chi connectivity index (χ0v) is 23.5. The quantitative estimate of drug-likeness (QED) is 0.325. The summed E-state index contributed by atoms with van der Waals surface area (Å²) in [5.74, 6) is -6.81. The van der Waals surface area contributed by atoms with Gasteiger partial charge in [0.25, 0.3) is 0 Å². The van der Waals surface area contributed by atoms with E-state index < -0.39 is 50.5 Å². The Bertz CT molecular complexity index is 847. The van der Waals surface area contributed by atoms with Crippen LogP contribution in [-0.2, 0) is 18.1 Å². The summed E-state index contributed by atoms with van der Waals surface area (Å²) in [4.78, 5) is 12.8. The van der Waals surface area contributed by atoms with Gasteiger partial charge < -0.3 is 13.4 Å². The zero-order valence-electron chi connectivity index (χ0n) is 20.3. The third kappa shape index (κ3) is 6.97. The fourth-order valence-electron chi connectivity index (χ4n) is 4.00. The van der Waals surface area contributed by atoms with Crippen molar-refractivity contribution in [1.29, 1.82) is 0 Å². The number of rotatable bonds is 9. The molecule has 0 N–H and O–H groups in total. The number of hydrogen-bond donors (Lipinski definition) is 0. The van der Waals surface area contributed by atoms with Gasteiger partial charge in [0, 0.05) is 19.3 Å². The maximum absolute atomic E-state index is 14.4. The van der Waals surface area contributed by atoms with Crippen LogP contribution in [0.15, 0.2) is 24.3 Å². The number of nitrogens with zero attached hydrogens (tertiary/aromatic N) is 1. The standard InChI is InChI=1S/C21H34F5NO4Si3/c1-27(19(28)20(23,29-16-22)21(24,25)26)17-9-8-10-18(15-17)33(3,4)14-11-30-34(5)13-7-6-12-32(2)31-34/h8-10,15,32H,6-7,11-14,16H2,1-5H3. The van der Waals surface area contributed by atoms with Gasteiger partial charge >= 0.3 is 26.5 Å². The van der Waals surface area contributed by atoms with E-state index in [1.54, 1.807) is 12.1 Å². The van der Waals surface area contributed by atoms with Crippen LogP contribution in [0.25, 0.3) is 0 Å². The minimum absolute atomic E-state index is 0.0611. The van der Waals surface area contributed by atoms with Crippen molar-refractivity contribution < 1.29 is 40.0 Å². The van der Waals surface area contributed by atoms with Crippen LogP contribution in [0.5, 0.6) is 0 Å². The smallest absolute Gasteiger partial charge is 0.439 e. The molecule has 34 heavy (non-hydrogen) atoms. The van der Waals surface area contributed by atoms with E-state index in [1.807, 2.05) is 6.07 Å². The zero-order chi connectivity index (χ0) is 25.8. The van der Waals surface area contributed by atoms with Crippen LogP contribution in [-0.4, -0.2) is 64.1 Å². The minimum atomic E-state index is -5.73. The summed E-state index contributed by atoms with van der Waals surface area (Å²) in [7, 11) is -4.53. The number of carbonyl (C=O) groups is 1. The van der Waals surface area contributed by atoms with Crippen LogP contribution < -0.4 is 10.1 Å². The number of ether oxygens (including phenoxy) is 1. The minimum Gasteiger partial charge on any atom is -0.439 e. The van der Waals surface area contributed by atoms with Gasteiger partial charge in [-0.25, -0.2) is 4.39 Å². The molecule has 1 aliphatic rings. The Morgan fingerprint density at radius 1 is 1.26 bits per heavy atom. The monoisotopic (exact) mass is 543 g/mol. The van der Waals surface area contributed by atoms with Crippen LogP contribution in [0.1, 0.15) is 12.8 Å². The molecule has 194 valence electrons. The lowest BCUT2D eigenvalue weighted by Gasteiger charge is -2.32.